The zero-order valence-corrected chi connectivity index (χ0v) is 20.6. The Morgan fingerprint density at radius 2 is 1.84 bits per heavy atom. The van der Waals surface area contributed by atoms with E-state index in [2.05, 4.69) is 32.1 Å². The largest absolute Gasteiger partial charge is 0.487 e. The maximum Gasteiger partial charge on any atom is 0.253 e. The summed E-state index contributed by atoms with van der Waals surface area (Å²) in [6.07, 6.45) is 2.07. The number of aromatic nitrogens is 2. The first kappa shape index (κ1) is 22.8. The predicted molar refractivity (Wildman–Crippen MR) is 129 cm³/mol. The van der Waals surface area contributed by atoms with Gasteiger partial charge in [-0.1, -0.05) is 39.7 Å². The molecule has 6 nitrogen and oxygen atoms in total. The van der Waals surface area contributed by atoms with Crippen LogP contribution in [-0.2, 0) is 20.2 Å². The van der Waals surface area contributed by atoms with Gasteiger partial charge in [0.05, 0.1) is 10.7 Å². The van der Waals surface area contributed by atoms with Crippen LogP contribution in [0.2, 0.25) is 5.02 Å². The quantitative estimate of drug-likeness (QED) is 0.476. The van der Waals surface area contributed by atoms with E-state index in [1.807, 2.05) is 60.0 Å². The smallest absolute Gasteiger partial charge is 0.253 e. The third-order valence-corrected chi connectivity index (χ3v) is 6.45. The van der Waals surface area contributed by atoms with Gasteiger partial charge in [0.1, 0.15) is 12.4 Å². The lowest BCUT2D eigenvalue weighted by atomic mass is 10.1. The van der Waals surface area contributed by atoms with Crippen LogP contribution < -0.4 is 4.74 Å². The van der Waals surface area contributed by atoms with Gasteiger partial charge in [-0.25, -0.2) is 0 Å². The molecule has 0 radical (unpaired) electrons. The van der Waals surface area contributed by atoms with E-state index in [1.165, 1.54) is 5.56 Å². The Bertz CT molecular complexity index is 1090. The minimum Gasteiger partial charge on any atom is -0.487 e. The first-order chi connectivity index (χ1) is 15.4. The second-order valence-electron chi connectivity index (χ2n) is 8.04. The van der Waals surface area contributed by atoms with E-state index in [0.29, 0.717) is 22.9 Å². The fourth-order valence-corrected chi connectivity index (χ4v) is 4.56. The topological polar surface area (TPSA) is 50.6 Å². The van der Waals surface area contributed by atoms with E-state index in [-0.39, 0.29) is 5.91 Å². The summed E-state index contributed by atoms with van der Waals surface area (Å²) in [7, 11) is 1.94. The van der Waals surface area contributed by atoms with Crippen LogP contribution in [0.4, 0.5) is 0 Å². The number of aryl methyl sites for hydroxylation is 2. The molecule has 0 aliphatic carbocycles. The normalized spacial score (nSPS) is 14.6. The van der Waals surface area contributed by atoms with E-state index in [9.17, 15) is 4.79 Å². The van der Waals surface area contributed by atoms with Gasteiger partial charge in [-0.05, 0) is 42.8 Å². The Hall–Kier alpha value is -2.35. The molecular weight excluding hydrogens is 492 g/mol. The van der Waals surface area contributed by atoms with Gasteiger partial charge in [0, 0.05) is 61.6 Å². The van der Waals surface area contributed by atoms with Crippen LogP contribution in [0, 0.1) is 6.92 Å². The molecule has 3 aromatic rings. The highest BCUT2D eigenvalue weighted by Crippen LogP contribution is 2.28. The Kier molecular flexibility index (Phi) is 7.18. The maximum absolute atomic E-state index is 12.9. The highest BCUT2D eigenvalue weighted by atomic mass is 79.9. The van der Waals surface area contributed by atoms with Gasteiger partial charge in [-0.15, -0.1) is 0 Å². The molecule has 32 heavy (non-hydrogen) atoms. The van der Waals surface area contributed by atoms with Crippen LogP contribution >= 0.6 is 27.5 Å². The summed E-state index contributed by atoms with van der Waals surface area (Å²) in [5.41, 5.74) is 4.00. The molecule has 0 saturated carbocycles. The number of piperazine rings is 1. The second kappa shape index (κ2) is 10.1. The lowest BCUT2D eigenvalue weighted by molar-refractivity contribution is 0.0628. The van der Waals surface area contributed by atoms with Crippen molar-refractivity contribution in [2.75, 3.05) is 26.2 Å². The van der Waals surface area contributed by atoms with Gasteiger partial charge in [0.25, 0.3) is 5.91 Å². The summed E-state index contributed by atoms with van der Waals surface area (Å²) in [4.78, 5) is 17.2. The molecule has 1 aliphatic rings. The van der Waals surface area contributed by atoms with E-state index in [4.69, 9.17) is 16.3 Å². The van der Waals surface area contributed by atoms with Crippen LogP contribution in [0.3, 0.4) is 0 Å². The molecule has 0 N–H and O–H groups in total. The van der Waals surface area contributed by atoms with Crippen molar-refractivity contribution in [1.29, 1.82) is 0 Å². The average molecular weight is 518 g/mol. The van der Waals surface area contributed by atoms with Crippen LogP contribution in [-0.4, -0.2) is 51.7 Å². The Morgan fingerprint density at radius 1 is 1.12 bits per heavy atom. The summed E-state index contributed by atoms with van der Waals surface area (Å²) in [5, 5.41) is 4.97. The lowest BCUT2D eigenvalue weighted by Gasteiger charge is -2.34. The summed E-state index contributed by atoms with van der Waals surface area (Å²) in [6.45, 7) is 6.48. The number of ether oxygens (including phenoxy) is 1. The number of rotatable bonds is 6. The molecule has 2 aromatic carbocycles. The van der Waals surface area contributed by atoms with Crippen LogP contribution in [0.5, 0.6) is 5.75 Å². The Labute approximate surface area is 201 Å². The number of carbonyl (C=O) groups excluding carboxylic acids is 1. The molecule has 8 heteroatoms. The molecule has 1 amide bonds. The van der Waals surface area contributed by atoms with Crippen molar-refractivity contribution in [3.8, 4) is 5.75 Å². The van der Waals surface area contributed by atoms with Crippen molar-refractivity contribution in [1.82, 2.24) is 19.6 Å². The molecule has 1 fully saturated rings. The number of hydrogen-bond donors (Lipinski definition) is 0. The summed E-state index contributed by atoms with van der Waals surface area (Å²) < 4.78 is 8.57. The molecule has 1 aliphatic heterocycles. The summed E-state index contributed by atoms with van der Waals surface area (Å²) in [6, 6.07) is 13.1. The van der Waals surface area contributed by atoms with Gasteiger partial charge < -0.3 is 9.64 Å². The number of hydrogen-bond acceptors (Lipinski definition) is 4. The average Bonchev–Trinajstić information content (AvgIpc) is 3.10. The van der Waals surface area contributed by atoms with Gasteiger partial charge in [0.15, 0.2) is 0 Å². The van der Waals surface area contributed by atoms with Gasteiger partial charge in [-0.2, -0.15) is 5.10 Å². The van der Waals surface area contributed by atoms with Gasteiger partial charge in [0.2, 0.25) is 0 Å². The van der Waals surface area contributed by atoms with E-state index in [1.54, 1.807) is 6.07 Å². The number of halogens is 2. The predicted octanol–water partition coefficient (Wildman–Crippen LogP) is 4.68. The molecule has 1 saturated heterocycles. The van der Waals surface area contributed by atoms with Crippen LogP contribution in [0.25, 0.3) is 0 Å². The van der Waals surface area contributed by atoms with Crippen LogP contribution in [0.1, 0.15) is 27.2 Å². The first-order valence-corrected chi connectivity index (χ1v) is 11.7. The van der Waals surface area contributed by atoms with Crippen LogP contribution in [0.15, 0.2) is 53.1 Å². The van der Waals surface area contributed by atoms with E-state index < -0.39 is 0 Å². The summed E-state index contributed by atoms with van der Waals surface area (Å²) in [5.74, 6) is 0.708. The zero-order chi connectivity index (χ0) is 22.7. The third kappa shape index (κ3) is 5.52. The fraction of sp³-hybridized carbons (Fsp3) is 0.333. The van der Waals surface area contributed by atoms with E-state index in [0.717, 1.165) is 48.5 Å². The Morgan fingerprint density at radius 3 is 2.47 bits per heavy atom. The molecule has 2 heterocycles. The Balaban J connectivity index is 1.28. The SMILES string of the molecule is Cc1nn(C)cc1CN1CCN(C(=O)c2ccc(COc3ccc(Br)cc3Cl)cc2)CC1. The van der Waals surface area contributed by atoms with Crippen molar-refractivity contribution < 1.29 is 9.53 Å². The fourth-order valence-electron chi connectivity index (χ4n) is 3.83. The van der Waals surface area contributed by atoms with E-state index >= 15 is 0 Å². The molecule has 0 bridgehead atoms. The van der Waals surface area contributed by atoms with Gasteiger partial charge >= 0.3 is 0 Å². The van der Waals surface area contributed by atoms with Crippen molar-refractivity contribution >= 4 is 33.4 Å². The van der Waals surface area contributed by atoms with Crippen molar-refractivity contribution in [3.63, 3.8) is 0 Å². The molecule has 0 spiro atoms. The monoisotopic (exact) mass is 516 g/mol. The zero-order valence-electron chi connectivity index (χ0n) is 18.2. The lowest BCUT2D eigenvalue weighted by Crippen LogP contribution is -2.48. The minimum absolute atomic E-state index is 0.0747. The summed E-state index contributed by atoms with van der Waals surface area (Å²) >= 11 is 9.59. The number of nitrogens with zero attached hydrogens (tertiary/aromatic N) is 4. The minimum atomic E-state index is 0.0747. The number of benzene rings is 2. The van der Waals surface area contributed by atoms with Gasteiger partial charge in [-0.3, -0.25) is 14.4 Å². The molecule has 1 aromatic heterocycles. The standard InChI is InChI=1S/C24H26BrClN4O2/c1-17-20(14-28(2)27-17)15-29-9-11-30(12-10-29)24(31)19-5-3-18(4-6-19)16-32-23-8-7-21(25)13-22(23)26/h3-8,13-14H,9-12,15-16H2,1-2H3. The molecule has 0 atom stereocenters. The molecule has 0 unspecified atom stereocenters. The third-order valence-electron chi connectivity index (χ3n) is 5.66. The number of amides is 1. The van der Waals surface area contributed by atoms with Crippen molar-refractivity contribution in [2.24, 2.45) is 7.05 Å². The molecule has 168 valence electrons. The first-order valence-electron chi connectivity index (χ1n) is 10.6. The maximum atomic E-state index is 12.9. The highest BCUT2D eigenvalue weighted by Gasteiger charge is 2.23. The second-order valence-corrected chi connectivity index (χ2v) is 9.36. The molecular formula is C24H26BrClN4O2. The molecule has 4 rings (SSSR count). The van der Waals surface area contributed by atoms with Crippen molar-refractivity contribution in [2.45, 2.75) is 20.1 Å². The van der Waals surface area contributed by atoms with Crippen molar-refractivity contribution in [3.05, 3.63) is 80.5 Å². The number of carbonyl (C=O) groups is 1. The highest BCUT2D eigenvalue weighted by molar-refractivity contribution is 9.10.